The molecular formula is C40H47ClN8O6. The highest BCUT2D eigenvalue weighted by Gasteiger charge is 2.64. The summed E-state index contributed by atoms with van der Waals surface area (Å²) >= 11 is 6.23. The Balaban J connectivity index is 0.884. The van der Waals surface area contributed by atoms with Crippen molar-refractivity contribution >= 4 is 41.0 Å². The minimum atomic E-state index is -0.755. The summed E-state index contributed by atoms with van der Waals surface area (Å²) in [4.78, 5) is 62.5. The Hall–Kier alpha value is -5.26. The number of amides is 4. The van der Waals surface area contributed by atoms with E-state index in [0.29, 0.717) is 34.3 Å². The highest BCUT2D eigenvalue weighted by molar-refractivity contribution is 6.31. The smallest absolute Gasteiger partial charge is 0.270 e. The van der Waals surface area contributed by atoms with E-state index in [1.54, 1.807) is 36.5 Å². The number of halogens is 1. The second kappa shape index (κ2) is 16.6. The second-order valence-electron chi connectivity index (χ2n) is 15.4. The number of nitriles is 1. The summed E-state index contributed by atoms with van der Waals surface area (Å²) in [6.45, 7) is 13.2. The van der Waals surface area contributed by atoms with E-state index in [9.17, 15) is 24.4 Å². The van der Waals surface area contributed by atoms with Crippen molar-refractivity contribution in [3.05, 3.63) is 76.7 Å². The van der Waals surface area contributed by atoms with Crippen LogP contribution in [0, 0.1) is 22.2 Å². The predicted molar refractivity (Wildman–Crippen MR) is 205 cm³/mol. The van der Waals surface area contributed by atoms with Gasteiger partial charge in [0.2, 0.25) is 11.8 Å². The van der Waals surface area contributed by atoms with E-state index in [-0.39, 0.29) is 53.3 Å². The quantitative estimate of drug-likeness (QED) is 0.168. The normalized spacial score (nSPS) is 21.7. The number of piperazine rings is 1. The lowest BCUT2D eigenvalue weighted by Gasteiger charge is -2.63. The molecule has 55 heavy (non-hydrogen) atoms. The Bertz CT molecular complexity index is 1920. The summed E-state index contributed by atoms with van der Waals surface area (Å²) < 4.78 is 12.2. The van der Waals surface area contributed by atoms with Gasteiger partial charge in [0, 0.05) is 61.7 Å². The van der Waals surface area contributed by atoms with E-state index >= 15 is 0 Å². The number of imide groups is 1. The summed E-state index contributed by atoms with van der Waals surface area (Å²) in [5.41, 5.74) is 0.326. The Labute approximate surface area is 325 Å². The Morgan fingerprint density at radius 2 is 1.69 bits per heavy atom. The number of hydrogen-bond donors (Lipinski definition) is 3. The average Bonchev–Trinajstić information content (AvgIpc) is 3.17. The molecule has 3 fully saturated rings. The van der Waals surface area contributed by atoms with Crippen LogP contribution in [0.2, 0.25) is 5.02 Å². The molecule has 290 valence electrons. The van der Waals surface area contributed by atoms with Gasteiger partial charge in [0.05, 0.1) is 29.0 Å². The average molecular weight is 771 g/mol. The number of pyridine rings is 2. The number of unbranched alkanes of at least 4 members (excludes halogenated alkanes) is 1. The lowest BCUT2D eigenvalue weighted by Crippen LogP contribution is -2.74. The maximum atomic E-state index is 13.4. The van der Waals surface area contributed by atoms with Crippen molar-refractivity contribution in [3.63, 3.8) is 0 Å². The molecule has 0 spiro atoms. The summed E-state index contributed by atoms with van der Waals surface area (Å²) in [6.07, 6.45) is 5.21. The third kappa shape index (κ3) is 9.01. The Morgan fingerprint density at radius 3 is 2.33 bits per heavy atom. The van der Waals surface area contributed by atoms with E-state index in [1.165, 1.54) is 6.20 Å². The van der Waals surface area contributed by atoms with Crippen LogP contribution in [-0.2, 0) is 9.59 Å². The molecule has 2 aromatic heterocycles. The highest BCUT2D eigenvalue weighted by atomic mass is 35.5. The van der Waals surface area contributed by atoms with Crippen molar-refractivity contribution in [2.75, 3.05) is 44.2 Å². The molecule has 1 saturated carbocycles. The number of benzene rings is 1. The van der Waals surface area contributed by atoms with Crippen LogP contribution >= 0.6 is 11.6 Å². The number of hydrogen-bond acceptors (Lipinski definition) is 11. The van der Waals surface area contributed by atoms with E-state index in [4.69, 9.17) is 21.1 Å². The molecule has 14 nitrogen and oxygen atoms in total. The van der Waals surface area contributed by atoms with Crippen LogP contribution in [0.4, 0.5) is 5.82 Å². The molecule has 1 aliphatic carbocycles. The van der Waals surface area contributed by atoms with Gasteiger partial charge in [-0.05, 0) is 62.2 Å². The van der Waals surface area contributed by atoms with E-state index < -0.39 is 17.9 Å². The van der Waals surface area contributed by atoms with Crippen LogP contribution in [0.3, 0.4) is 0 Å². The number of anilines is 1. The summed E-state index contributed by atoms with van der Waals surface area (Å²) in [7, 11) is 0. The van der Waals surface area contributed by atoms with Crippen molar-refractivity contribution < 1.29 is 28.7 Å². The first kappa shape index (κ1) is 39.4. The minimum Gasteiger partial charge on any atom is -0.492 e. The zero-order chi connectivity index (χ0) is 39.3. The van der Waals surface area contributed by atoms with Crippen molar-refractivity contribution in [2.45, 2.75) is 71.6 Å². The third-order valence-electron chi connectivity index (χ3n) is 10.8. The third-order valence-corrected chi connectivity index (χ3v) is 11.1. The van der Waals surface area contributed by atoms with Crippen molar-refractivity contribution in [3.8, 4) is 17.6 Å². The van der Waals surface area contributed by atoms with E-state index in [2.05, 4.69) is 69.5 Å². The molecule has 1 aromatic carbocycles. The molecular weight excluding hydrogens is 724 g/mol. The molecule has 15 heteroatoms. The molecule has 4 amide bonds. The number of nitrogens with one attached hydrogen (secondary N) is 3. The summed E-state index contributed by atoms with van der Waals surface area (Å²) in [5, 5.41) is 17.6. The van der Waals surface area contributed by atoms with Crippen LogP contribution in [0.5, 0.6) is 11.5 Å². The number of piperidine rings is 1. The van der Waals surface area contributed by atoms with Crippen LogP contribution in [-0.4, -0.2) is 96.0 Å². The van der Waals surface area contributed by atoms with Crippen LogP contribution in [0.25, 0.3) is 0 Å². The van der Waals surface area contributed by atoms with Gasteiger partial charge in [0.15, 0.2) is 0 Å². The Morgan fingerprint density at radius 1 is 0.945 bits per heavy atom. The minimum absolute atomic E-state index is 0.149. The van der Waals surface area contributed by atoms with Gasteiger partial charge in [-0.1, -0.05) is 39.3 Å². The van der Waals surface area contributed by atoms with Gasteiger partial charge < -0.3 is 25.0 Å². The lowest BCUT2D eigenvalue weighted by atomic mass is 9.49. The topological polar surface area (TPSA) is 179 Å². The molecule has 0 bridgehead atoms. The Kier molecular flexibility index (Phi) is 11.9. The van der Waals surface area contributed by atoms with E-state index in [1.807, 2.05) is 12.1 Å². The van der Waals surface area contributed by atoms with Crippen LogP contribution in [0.1, 0.15) is 79.8 Å². The zero-order valence-corrected chi connectivity index (χ0v) is 32.3. The van der Waals surface area contributed by atoms with Crippen LogP contribution in [0.15, 0.2) is 54.9 Å². The number of nitrogens with zero attached hydrogens (tertiary/aromatic N) is 5. The number of carbonyl (C=O) groups is 4. The number of ether oxygens (including phenoxy) is 2. The molecule has 0 radical (unpaired) electrons. The molecule has 6 rings (SSSR count). The molecule has 3 aliphatic rings. The monoisotopic (exact) mass is 770 g/mol. The van der Waals surface area contributed by atoms with Gasteiger partial charge in [-0.2, -0.15) is 5.26 Å². The first-order chi connectivity index (χ1) is 26.3. The summed E-state index contributed by atoms with van der Waals surface area (Å²) in [5.74, 6) is 0.482. The van der Waals surface area contributed by atoms with Gasteiger partial charge in [-0.25, -0.2) is 9.97 Å². The fraction of sp³-hybridized carbons (Fsp3) is 0.475. The second-order valence-corrected chi connectivity index (χ2v) is 15.9. The predicted octanol–water partition coefficient (Wildman–Crippen LogP) is 4.13. The maximum absolute atomic E-state index is 13.4. The van der Waals surface area contributed by atoms with Gasteiger partial charge in [0.25, 0.3) is 11.8 Å². The van der Waals surface area contributed by atoms with Crippen molar-refractivity contribution in [1.82, 2.24) is 30.8 Å². The molecule has 2 saturated heterocycles. The lowest BCUT2D eigenvalue weighted by molar-refractivity contribution is -0.164. The largest absolute Gasteiger partial charge is 0.492 e. The van der Waals surface area contributed by atoms with Crippen molar-refractivity contribution in [2.24, 2.45) is 10.8 Å². The zero-order valence-electron chi connectivity index (χ0n) is 31.6. The standard InChI is InChI=1S/C40H47ClN8O6/c1-39(2)37(40(3,4)38(39)55-27-9-7-25(22-42)29(41)21-27)47-34(51)26-8-13-32(44-23-26)49-18-16-48(17-19-49)15-5-6-20-54-28-10-11-30(43-24-28)35(52)45-31-12-14-33(50)46-36(31)53/h7-11,13,21,23-24,31,37-38H,5-6,12,14-20H2,1-4H3,(H,45,52)(H,47,51)(H,46,50,53)/t31?,37-,38-. The van der Waals surface area contributed by atoms with Gasteiger partial charge >= 0.3 is 0 Å². The van der Waals surface area contributed by atoms with Crippen LogP contribution < -0.4 is 30.3 Å². The first-order valence-electron chi connectivity index (χ1n) is 18.6. The molecule has 3 N–H and O–H groups in total. The number of rotatable bonds is 13. The number of aromatic nitrogens is 2. The van der Waals surface area contributed by atoms with Crippen molar-refractivity contribution in [1.29, 1.82) is 5.26 Å². The molecule has 2 aliphatic heterocycles. The van der Waals surface area contributed by atoms with E-state index in [0.717, 1.165) is 51.4 Å². The maximum Gasteiger partial charge on any atom is 0.270 e. The molecule has 1 atom stereocenters. The summed E-state index contributed by atoms with van der Waals surface area (Å²) in [6, 6.07) is 13.2. The van der Waals surface area contributed by atoms with Gasteiger partial charge in [-0.15, -0.1) is 0 Å². The fourth-order valence-electron chi connectivity index (χ4n) is 8.01. The highest BCUT2D eigenvalue weighted by Crippen LogP contribution is 2.55. The van der Waals surface area contributed by atoms with Gasteiger partial charge in [-0.3, -0.25) is 29.4 Å². The SMILES string of the molecule is CC1(C)[C@H](NC(=O)c2ccc(N3CCN(CCCCOc4ccc(C(=O)NC5CCC(=O)NC5=O)nc4)CC3)nc2)C(C)(C)[C@H]1Oc1ccc(C#N)c(Cl)c1. The molecule has 4 heterocycles. The van der Waals surface area contributed by atoms with Gasteiger partial charge in [0.1, 0.15) is 41.2 Å². The molecule has 1 unspecified atom stereocenters. The fourth-order valence-corrected chi connectivity index (χ4v) is 8.22. The first-order valence-corrected chi connectivity index (χ1v) is 19.0. The number of carbonyl (C=O) groups excluding carboxylic acids is 4. The molecule has 3 aromatic rings.